The van der Waals surface area contributed by atoms with Crippen LogP contribution in [0.15, 0.2) is 0 Å². The van der Waals surface area contributed by atoms with E-state index in [1.807, 2.05) is 0 Å². The third-order valence-electron chi connectivity index (χ3n) is 5.87. The summed E-state index contributed by atoms with van der Waals surface area (Å²) in [5.41, 5.74) is 0. The molecule has 0 spiro atoms. The number of rotatable bonds is 14. The fourth-order valence-electron chi connectivity index (χ4n) is 3.76. The summed E-state index contributed by atoms with van der Waals surface area (Å²) < 4.78 is 13.0. The van der Waals surface area contributed by atoms with Crippen molar-refractivity contribution in [2.45, 2.75) is 117 Å². The van der Waals surface area contributed by atoms with Crippen LogP contribution in [-0.2, 0) is 9.47 Å². The number of ether oxygens (including phenoxy) is 2. The quantitative estimate of drug-likeness (QED) is 0.314. The van der Waals surface area contributed by atoms with Crippen LogP contribution in [-0.4, -0.2) is 19.0 Å². The highest BCUT2D eigenvalue weighted by molar-refractivity contribution is 4.77. The van der Waals surface area contributed by atoms with Gasteiger partial charge in [-0.1, -0.05) is 72.6 Å². The Bertz CT molecular complexity index is 262. The molecule has 0 amide bonds. The number of unbranched alkanes of at least 4 members (excludes halogenated alkanes) is 2. The third-order valence-corrected chi connectivity index (χ3v) is 5.87. The predicted octanol–water partition coefficient (Wildman–Crippen LogP) is 7.11. The van der Waals surface area contributed by atoms with Crippen LogP contribution < -0.4 is 0 Å². The summed E-state index contributed by atoms with van der Waals surface area (Å²) in [6, 6.07) is 0. The molecule has 0 radical (unpaired) electrons. The lowest BCUT2D eigenvalue weighted by Gasteiger charge is -2.39. The molecule has 0 aliphatic heterocycles. The average molecular weight is 341 g/mol. The first-order valence-electron chi connectivity index (χ1n) is 11.0. The van der Waals surface area contributed by atoms with E-state index in [0.29, 0.717) is 11.8 Å². The minimum atomic E-state index is -0.266. The molecule has 2 atom stereocenters. The first-order valence-corrected chi connectivity index (χ1v) is 11.0. The Hall–Kier alpha value is -0.0800. The lowest BCUT2D eigenvalue weighted by molar-refractivity contribution is -0.262. The molecule has 1 aliphatic carbocycles. The molecule has 144 valence electrons. The highest BCUT2D eigenvalue weighted by Gasteiger charge is 2.35. The van der Waals surface area contributed by atoms with E-state index in [1.54, 1.807) is 0 Å². The smallest absolute Gasteiger partial charge is 0.168 e. The van der Waals surface area contributed by atoms with Crippen LogP contribution >= 0.6 is 0 Å². The molecule has 2 nitrogen and oxygen atoms in total. The molecular weight excluding hydrogens is 296 g/mol. The van der Waals surface area contributed by atoms with E-state index in [1.165, 1.54) is 70.6 Å². The van der Waals surface area contributed by atoms with Gasteiger partial charge in [0.15, 0.2) is 5.79 Å². The van der Waals surface area contributed by atoms with Crippen LogP contribution in [0.5, 0.6) is 0 Å². The molecule has 2 heteroatoms. The summed E-state index contributed by atoms with van der Waals surface area (Å²) in [6.07, 6.45) is 16.3. The lowest BCUT2D eigenvalue weighted by Crippen LogP contribution is -2.40. The Morgan fingerprint density at radius 2 is 1.17 bits per heavy atom. The van der Waals surface area contributed by atoms with Gasteiger partial charge in [-0.2, -0.15) is 0 Å². The van der Waals surface area contributed by atoms with Gasteiger partial charge in [-0.05, 0) is 37.5 Å². The van der Waals surface area contributed by atoms with Gasteiger partial charge in [0.05, 0.1) is 13.2 Å². The van der Waals surface area contributed by atoms with Crippen molar-refractivity contribution in [3.8, 4) is 0 Å². The van der Waals surface area contributed by atoms with Gasteiger partial charge in [-0.15, -0.1) is 0 Å². The maximum atomic E-state index is 6.50. The van der Waals surface area contributed by atoms with E-state index >= 15 is 0 Å². The van der Waals surface area contributed by atoms with E-state index in [4.69, 9.17) is 9.47 Å². The van der Waals surface area contributed by atoms with Crippen molar-refractivity contribution in [1.82, 2.24) is 0 Å². The molecule has 2 unspecified atom stereocenters. The van der Waals surface area contributed by atoms with Gasteiger partial charge >= 0.3 is 0 Å². The highest BCUT2D eigenvalue weighted by atomic mass is 16.7. The SMILES string of the molecule is CCCCC(CC)COC1(OCC(CC)CCCC)CCCCC1. The molecule has 0 bridgehead atoms. The maximum Gasteiger partial charge on any atom is 0.168 e. The zero-order valence-corrected chi connectivity index (χ0v) is 17.1. The fourth-order valence-corrected chi connectivity index (χ4v) is 3.76. The Morgan fingerprint density at radius 1 is 0.708 bits per heavy atom. The Balaban J connectivity index is 2.51. The standard InChI is InChI=1S/C22H44O2/c1-5-9-14-20(7-3)18-23-22(16-12-11-13-17-22)24-19-21(8-4)15-10-6-2/h20-21H,5-19H2,1-4H3. The molecule has 1 rings (SSSR count). The van der Waals surface area contributed by atoms with Crippen molar-refractivity contribution < 1.29 is 9.47 Å². The zero-order chi connectivity index (χ0) is 17.7. The molecule has 0 N–H and O–H groups in total. The first kappa shape index (κ1) is 22.0. The van der Waals surface area contributed by atoms with E-state index < -0.39 is 0 Å². The highest BCUT2D eigenvalue weighted by Crippen LogP contribution is 2.35. The van der Waals surface area contributed by atoms with Crippen molar-refractivity contribution in [1.29, 1.82) is 0 Å². The zero-order valence-electron chi connectivity index (χ0n) is 17.1. The van der Waals surface area contributed by atoms with Crippen LogP contribution in [0.3, 0.4) is 0 Å². The van der Waals surface area contributed by atoms with Crippen LogP contribution in [0.4, 0.5) is 0 Å². The van der Waals surface area contributed by atoms with E-state index in [2.05, 4.69) is 27.7 Å². The van der Waals surface area contributed by atoms with Crippen molar-refractivity contribution in [2.24, 2.45) is 11.8 Å². The van der Waals surface area contributed by atoms with Crippen LogP contribution in [0.2, 0.25) is 0 Å². The monoisotopic (exact) mass is 340 g/mol. The van der Waals surface area contributed by atoms with Gasteiger partial charge in [0.2, 0.25) is 0 Å². The Kier molecular flexibility index (Phi) is 12.0. The second-order valence-electron chi connectivity index (χ2n) is 7.93. The maximum absolute atomic E-state index is 6.50. The van der Waals surface area contributed by atoms with Gasteiger partial charge in [0.25, 0.3) is 0 Å². The average Bonchev–Trinajstić information content (AvgIpc) is 2.63. The van der Waals surface area contributed by atoms with Crippen molar-refractivity contribution in [2.75, 3.05) is 13.2 Å². The summed E-state index contributed by atoms with van der Waals surface area (Å²) in [6.45, 7) is 10.9. The van der Waals surface area contributed by atoms with E-state index in [0.717, 1.165) is 26.1 Å². The minimum Gasteiger partial charge on any atom is -0.350 e. The molecule has 1 fully saturated rings. The topological polar surface area (TPSA) is 18.5 Å². The Labute approximate surface area is 152 Å². The van der Waals surface area contributed by atoms with Gasteiger partial charge in [0.1, 0.15) is 0 Å². The van der Waals surface area contributed by atoms with Crippen molar-refractivity contribution in [3.05, 3.63) is 0 Å². The van der Waals surface area contributed by atoms with Gasteiger partial charge in [0, 0.05) is 12.8 Å². The number of hydrogen-bond donors (Lipinski definition) is 0. The van der Waals surface area contributed by atoms with Gasteiger partial charge < -0.3 is 9.47 Å². The molecule has 1 saturated carbocycles. The summed E-state index contributed by atoms with van der Waals surface area (Å²) in [5, 5.41) is 0. The molecule has 0 heterocycles. The van der Waals surface area contributed by atoms with Crippen LogP contribution in [0.25, 0.3) is 0 Å². The molecule has 0 aromatic rings. The summed E-state index contributed by atoms with van der Waals surface area (Å²) in [4.78, 5) is 0. The normalized spacial score (nSPS) is 20.0. The first-order chi connectivity index (χ1) is 11.7. The molecule has 24 heavy (non-hydrogen) atoms. The van der Waals surface area contributed by atoms with E-state index in [-0.39, 0.29) is 5.79 Å². The molecule has 1 aliphatic rings. The fraction of sp³-hybridized carbons (Fsp3) is 1.00. The second kappa shape index (κ2) is 13.2. The minimum absolute atomic E-state index is 0.266. The van der Waals surface area contributed by atoms with E-state index in [9.17, 15) is 0 Å². The molecule has 0 aromatic heterocycles. The lowest BCUT2D eigenvalue weighted by atomic mass is 9.93. The van der Waals surface area contributed by atoms with Crippen molar-refractivity contribution >= 4 is 0 Å². The van der Waals surface area contributed by atoms with Gasteiger partial charge in [-0.25, -0.2) is 0 Å². The largest absolute Gasteiger partial charge is 0.350 e. The molecule has 0 aromatic carbocycles. The van der Waals surface area contributed by atoms with Crippen LogP contribution in [0.1, 0.15) is 111 Å². The summed E-state index contributed by atoms with van der Waals surface area (Å²) >= 11 is 0. The molecular formula is C22H44O2. The second-order valence-corrected chi connectivity index (χ2v) is 7.93. The molecule has 0 saturated heterocycles. The van der Waals surface area contributed by atoms with Crippen molar-refractivity contribution in [3.63, 3.8) is 0 Å². The predicted molar refractivity (Wildman–Crippen MR) is 104 cm³/mol. The third kappa shape index (κ3) is 8.34. The summed E-state index contributed by atoms with van der Waals surface area (Å²) in [7, 11) is 0. The Morgan fingerprint density at radius 3 is 1.54 bits per heavy atom. The number of hydrogen-bond acceptors (Lipinski definition) is 2. The van der Waals surface area contributed by atoms with Gasteiger partial charge in [-0.3, -0.25) is 0 Å². The summed E-state index contributed by atoms with van der Waals surface area (Å²) in [5.74, 6) is 1.14. The van der Waals surface area contributed by atoms with Crippen LogP contribution in [0, 0.1) is 11.8 Å².